The molecule has 144 valence electrons. The van der Waals surface area contributed by atoms with Gasteiger partial charge in [-0.2, -0.15) is 0 Å². The van der Waals surface area contributed by atoms with Crippen LogP contribution in [0.5, 0.6) is 0 Å². The van der Waals surface area contributed by atoms with Crippen molar-refractivity contribution in [1.29, 1.82) is 0 Å². The molecule has 1 aromatic carbocycles. The Morgan fingerprint density at radius 1 is 0.964 bits per heavy atom. The lowest BCUT2D eigenvalue weighted by Crippen LogP contribution is -2.40. The summed E-state index contributed by atoms with van der Waals surface area (Å²) in [7, 11) is 0. The zero-order valence-electron chi connectivity index (χ0n) is 15.3. The minimum atomic E-state index is -0.580. The molecule has 2 bridgehead atoms. The fourth-order valence-electron chi connectivity index (χ4n) is 5.37. The molecule has 5 aliphatic rings. The zero-order chi connectivity index (χ0) is 19.4. The maximum atomic E-state index is 12.8. The first-order valence-corrected chi connectivity index (χ1v) is 9.83. The maximum absolute atomic E-state index is 12.8. The van der Waals surface area contributed by atoms with Crippen LogP contribution in [0.15, 0.2) is 42.5 Å². The number of amides is 2. The molecule has 4 aliphatic carbocycles. The van der Waals surface area contributed by atoms with Gasteiger partial charge in [0.25, 0.3) is 0 Å². The summed E-state index contributed by atoms with van der Waals surface area (Å²) in [6.07, 6.45) is 5.28. The Balaban J connectivity index is 1.16. The number of carbonyl (C=O) groups excluding carboxylic acids is 4. The number of benzene rings is 1. The molecule has 1 heterocycles. The highest BCUT2D eigenvalue weighted by Crippen LogP contribution is 2.65. The van der Waals surface area contributed by atoms with Crippen LogP contribution in [0.25, 0.3) is 0 Å². The number of rotatable bonds is 6. The quantitative estimate of drug-likeness (QED) is 0.326. The topological polar surface area (TPSA) is 80.8 Å². The molecule has 6 atom stereocenters. The number of carbonyl (C=O) groups is 4. The minimum Gasteiger partial charge on any atom is -0.457 e. The van der Waals surface area contributed by atoms with Crippen molar-refractivity contribution in [3.05, 3.63) is 48.0 Å². The third-order valence-electron chi connectivity index (χ3n) is 6.75. The number of esters is 1. The van der Waals surface area contributed by atoms with Crippen LogP contribution in [0, 0.1) is 35.5 Å². The Bertz CT molecular complexity index is 855. The van der Waals surface area contributed by atoms with E-state index in [2.05, 4.69) is 12.2 Å². The van der Waals surface area contributed by atoms with Crippen molar-refractivity contribution in [1.82, 2.24) is 4.90 Å². The van der Waals surface area contributed by atoms with Crippen molar-refractivity contribution >= 4 is 23.6 Å². The average molecular weight is 379 g/mol. The molecule has 3 fully saturated rings. The minimum absolute atomic E-state index is 0.0256. The molecule has 1 saturated heterocycles. The number of ketones is 1. The van der Waals surface area contributed by atoms with E-state index in [0.29, 0.717) is 17.4 Å². The second kappa shape index (κ2) is 6.40. The first-order chi connectivity index (χ1) is 13.6. The van der Waals surface area contributed by atoms with Crippen molar-refractivity contribution in [2.75, 3.05) is 13.2 Å². The van der Waals surface area contributed by atoms with Gasteiger partial charge in [-0.3, -0.25) is 24.1 Å². The van der Waals surface area contributed by atoms with E-state index in [1.54, 1.807) is 30.3 Å². The number of likely N-dealkylation sites (tertiary alicyclic amines) is 1. The molecular formula is C22H21NO5. The summed E-state index contributed by atoms with van der Waals surface area (Å²) < 4.78 is 5.04. The number of imide groups is 1. The lowest BCUT2D eigenvalue weighted by atomic mass is 9.63. The molecule has 0 spiro atoms. The van der Waals surface area contributed by atoms with E-state index in [4.69, 9.17) is 4.74 Å². The molecular weight excluding hydrogens is 358 g/mol. The predicted octanol–water partition coefficient (Wildman–Crippen LogP) is 1.86. The normalized spacial score (nSPS) is 34.2. The van der Waals surface area contributed by atoms with Crippen molar-refractivity contribution in [3.8, 4) is 0 Å². The lowest BCUT2D eigenvalue weighted by Gasteiger charge is -2.37. The molecule has 0 aromatic heterocycles. The number of hydrogen-bond donors (Lipinski definition) is 0. The Kier molecular flexibility index (Phi) is 3.96. The lowest BCUT2D eigenvalue weighted by molar-refractivity contribution is -0.145. The first-order valence-electron chi connectivity index (χ1n) is 9.83. The maximum Gasteiger partial charge on any atom is 0.308 e. The second-order valence-corrected chi connectivity index (χ2v) is 8.18. The summed E-state index contributed by atoms with van der Waals surface area (Å²) in [4.78, 5) is 50.9. The van der Waals surface area contributed by atoms with Crippen LogP contribution in [0.2, 0.25) is 0 Å². The summed E-state index contributed by atoms with van der Waals surface area (Å²) in [6.45, 7) is -0.314. The van der Waals surface area contributed by atoms with Gasteiger partial charge in [0.1, 0.15) is 0 Å². The van der Waals surface area contributed by atoms with Crippen molar-refractivity contribution in [2.24, 2.45) is 35.5 Å². The molecule has 1 aliphatic heterocycles. The Hall–Kier alpha value is -2.76. The number of hydrogen-bond acceptors (Lipinski definition) is 5. The summed E-state index contributed by atoms with van der Waals surface area (Å²) in [5, 5.41) is 0. The van der Waals surface area contributed by atoms with Crippen molar-refractivity contribution < 1.29 is 23.9 Å². The highest BCUT2D eigenvalue weighted by Gasteiger charge is 2.66. The van der Waals surface area contributed by atoms with E-state index in [0.717, 1.165) is 6.42 Å². The molecule has 6 heteroatoms. The van der Waals surface area contributed by atoms with E-state index in [9.17, 15) is 19.2 Å². The van der Waals surface area contributed by atoms with E-state index in [1.165, 1.54) is 4.90 Å². The van der Waals surface area contributed by atoms with Crippen molar-refractivity contribution in [3.63, 3.8) is 0 Å². The molecule has 28 heavy (non-hydrogen) atoms. The van der Waals surface area contributed by atoms with Crippen LogP contribution in [-0.4, -0.2) is 41.6 Å². The van der Waals surface area contributed by atoms with Gasteiger partial charge in [-0.1, -0.05) is 42.5 Å². The van der Waals surface area contributed by atoms with Gasteiger partial charge in [0, 0.05) is 12.1 Å². The SMILES string of the molecule is O=C(CCN1C(=O)[C@H]2[C@@H]3C=C[C@@H]([C@H]4C[C@H]34)[C@@H]2C1=O)OCC(=O)c1ccccc1. The Morgan fingerprint density at radius 2 is 1.57 bits per heavy atom. The van der Waals surface area contributed by atoms with Gasteiger partial charge in [0.15, 0.2) is 12.4 Å². The Morgan fingerprint density at radius 3 is 2.18 bits per heavy atom. The predicted molar refractivity (Wildman–Crippen MR) is 97.8 cm³/mol. The molecule has 0 radical (unpaired) electrons. The van der Waals surface area contributed by atoms with Crippen LogP contribution < -0.4 is 0 Å². The fraction of sp³-hybridized carbons (Fsp3) is 0.455. The largest absolute Gasteiger partial charge is 0.457 e. The number of nitrogens with zero attached hydrogens (tertiary/aromatic N) is 1. The van der Waals surface area contributed by atoms with Crippen LogP contribution >= 0.6 is 0 Å². The van der Waals surface area contributed by atoms with Crippen LogP contribution in [0.4, 0.5) is 0 Å². The summed E-state index contributed by atoms with van der Waals surface area (Å²) in [5.74, 6) is -0.180. The Labute approximate surface area is 162 Å². The van der Waals surface area contributed by atoms with E-state index < -0.39 is 5.97 Å². The second-order valence-electron chi connectivity index (χ2n) is 8.18. The molecule has 6 nitrogen and oxygen atoms in total. The fourth-order valence-corrected chi connectivity index (χ4v) is 5.37. The van der Waals surface area contributed by atoms with E-state index in [1.807, 2.05) is 0 Å². The summed E-state index contributed by atoms with van der Waals surface area (Å²) in [5.41, 5.74) is 0.478. The number of allylic oxidation sites excluding steroid dienone is 2. The zero-order valence-corrected chi connectivity index (χ0v) is 15.3. The summed E-state index contributed by atoms with van der Waals surface area (Å²) >= 11 is 0. The highest BCUT2D eigenvalue weighted by molar-refractivity contribution is 6.06. The standard InChI is InChI=1S/C22H21NO5/c24-17(12-4-2-1-3-5-12)11-28-18(25)8-9-23-21(26)19-13-6-7-14(16-10-15(13)16)20(19)22(23)27/h1-7,13-16,19-20H,8-11H2/t13-,14+,15-,16-,19+,20+/m1/s1. The first kappa shape index (κ1) is 17.3. The third-order valence-corrected chi connectivity index (χ3v) is 6.75. The highest BCUT2D eigenvalue weighted by atomic mass is 16.5. The average Bonchev–Trinajstić information content (AvgIpc) is 3.50. The third kappa shape index (κ3) is 2.62. The monoisotopic (exact) mass is 379 g/mol. The van der Waals surface area contributed by atoms with Crippen molar-refractivity contribution in [2.45, 2.75) is 12.8 Å². The number of ether oxygens (including phenoxy) is 1. The van der Waals surface area contributed by atoms with Gasteiger partial charge >= 0.3 is 5.97 Å². The van der Waals surface area contributed by atoms with Gasteiger partial charge < -0.3 is 4.74 Å². The van der Waals surface area contributed by atoms with Crippen LogP contribution in [-0.2, 0) is 19.1 Å². The van der Waals surface area contributed by atoms with E-state index in [-0.39, 0.29) is 60.8 Å². The smallest absolute Gasteiger partial charge is 0.308 e. The molecule has 0 unspecified atom stereocenters. The molecule has 0 N–H and O–H groups in total. The van der Waals surface area contributed by atoms with Crippen LogP contribution in [0.3, 0.4) is 0 Å². The van der Waals surface area contributed by atoms with E-state index >= 15 is 0 Å². The molecule has 1 aromatic rings. The van der Waals surface area contributed by atoms with Crippen LogP contribution in [0.1, 0.15) is 23.2 Å². The molecule has 6 rings (SSSR count). The van der Waals surface area contributed by atoms with Gasteiger partial charge in [0.2, 0.25) is 11.8 Å². The van der Waals surface area contributed by atoms with Gasteiger partial charge in [-0.25, -0.2) is 0 Å². The van der Waals surface area contributed by atoms with Gasteiger partial charge in [-0.05, 0) is 30.1 Å². The van der Waals surface area contributed by atoms with Gasteiger partial charge in [-0.15, -0.1) is 0 Å². The summed E-state index contributed by atoms with van der Waals surface area (Å²) in [6, 6.07) is 8.60. The van der Waals surface area contributed by atoms with Gasteiger partial charge in [0.05, 0.1) is 18.3 Å². The molecule has 2 saturated carbocycles. The number of Topliss-reactive ketones (excluding diaryl/α,β-unsaturated/α-hetero) is 1. The molecule has 2 amide bonds.